The minimum Gasteiger partial charge on any atom is -0.490 e. The highest BCUT2D eigenvalue weighted by atomic mass is 32.1. The van der Waals surface area contributed by atoms with Gasteiger partial charge in [0.05, 0.1) is 18.6 Å². The SMILES string of the molecule is CNC(=O)c1ccc(C(O)C(C)(C)C(=S)OC)cc1. The molecular formula is C14H19NO3S. The first kappa shape index (κ1) is 15.6. The predicted molar refractivity (Wildman–Crippen MR) is 78.2 cm³/mol. The van der Waals surface area contributed by atoms with Crippen molar-refractivity contribution in [2.45, 2.75) is 20.0 Å². The van der Waals surface area contributed by atoms with Gasteiger partial charge in [-0.05, 0) is 43.8 Å². The number of hydrogen-bond acceptors (Lipinski definition) is 4. The molecule has 0 fully saturated rings. The molecule has 1 aromatic carbocycles. The Morgan fingerprint density at radius 1 is 1.37 bits per heavy atom. The van der Waals surface area contributed by atoms with Gasteiger partial charge in [-0.2, -0.15) is 0 Å². The van der Waals surface area contributed by atoms with E-state index in [0.717, 1.165) is 0 Å². The van der Waals surface area contributed by atoms with Crippen LogP contribution in [0.2, 0.25) is 0 Å². The summed E-state index contributed by atoms with van der Waals surface area (Å²) >= 11 is 5.11. The monoisotopic (exact) mass is 281 g/mol. The number of aliphatic hydroxyl groups excluding tert-OH is 1. The third-order valence-electron chi connectivity index (χ3n) is 3.11. The lowest BCUT2D eigenvalue weighted by Crippen LogP contribution is -2.31. The van der Waals surface area contributed by atoms with Crippen molar-refractivity contribution in [1.29, 1.82) is 0 Å². The van der Waals surface area contributed by atoms with E-state index in [2.05, 4.69) is 5.32 Å². The molecule has 0 aliphatic carbocycles. The lowest BCUT2D eigenvalue weighted by Gasteiger charge is -2.30. The molecule has 2 N–H and O–H groups in total. The van der Waals surface area contributed by atoms with Crippen molar-refractivity contribution in [3.8, 4) is 0 Å². The third-order valence-corrected chi connectivity index (χ3v) is 3.80. The number of benzene rings is 1. The molecule has 1 rings (SSSR count). The molecule has 0 radical (unpaired) electrons. The first-order chi connectivity index (χ1) is 8.84. The smallest absolute Gasteiger partial charge is 0.251 e. The van der Waals surface area contributed by atoms with Gasteiger partial charge in [0, 0.05) is 12.6 Å². The zero-order valence-corrected chi connectivity index (χ0v) is 12.4. The van der Waals surface area contributed by atoms with Crippen molar-refractivity contribution in [1.82, 2.24) is 5.32 Å². The second-order valence-electron chi connectivity index (χ2n) is 4.82. The van der Waals surface area contributed by atoms with Crippen LogP contribution < -0.4 is 5.32 Å². The van der Waals surface area contributed by atoms with E-state index in [0.29, 0.717) is 16.2 Å². The number of nitrogens with one attached hydrogen (secondary N) is 1. The number of amides is 1. The van der Waals surface area contributed by atoms with Gasteiger partial charge < -0.3 is 15.2 Å². The quantitative estimate of drug-likeness (QED) is 0.830. The van der Waals surface area contributed by atoms with E-state index >= 15 is 0 Å². The minimum absolute atomic E-state index is 0.160. The second-order valence-corrected chi connectivity index (χ2v) is 5.19. The van der Waals surface area contributed by atoms with Crippen molar-refractivity contribution in [3.63, 3.8) is 0 Å². The number of carbonyl (C=O) groups is 1. The summed E-state index contributed by atoms with van der Waals surface area (Å²) in [4.78, 5) is 11.4. The van der Waals surface area contributed by atoms with Crippen molar-refractivity contribution in [2.75, 3.05) is 14.2 Å². The Hall–Kier alpha value is -1.46. The van der Waals surface area contributed by atoms with Gasteiger partial charge in [0.15, 0.2) is 5.05 Å². The number of thiocarbonyl (C=S) groups is 1. The average Bonchev–Trinajstić information content (AvgIpc) is 2.44. The maximum Gasteiger partial charge on any atom is 0.251 e. The van der Waals surface area contributed by atoms with Gasteiger partial charge in [0.2, 0.25) is 0 Å². The van der Waals surface area contributed by atoms with Crippen molar-refractivity contribution >= 4 is 23.2 Å². The molecule has 0 aromatic heterocycles. The molecule has 1 aromatic rings. The van der Waals surface area contributed by atoms with Crippen LogP contribution >= 0.6 is 12.2 Å². The number of methoxy groups -OCH3 is 1. The van der Waals surface area contributed by atoms with Crippen LogP contribution in [0.25, 0.3) is 0 Å². The molecular weight excluding hydrogens is 262 g/mol. The minimum atomic E-state index is -0.793. The Bertz CT molecular complexity index is 468. The summed E-state index contributed by atoms with van der Waals surface area (Å²) in [6.45, 7) is 3.63. The zero-order valence-electron chi connectivity index (χ0n) is 11.6. The zero-order chi connectivity index (χ0) is 14.6. The Morgan fingerprint density at radius 3 is 2.32 bits per heavy atom. The van der Waals surface area contributed by atoms with E-state index in [4.69, 9.17) is 17.0 Å². The summed E-state index contributed by atoms with van der Waals surface area (Å²) in [5, 5.41) is 13.3. The number of ether oxygens (including phenoxy) is 1. The van der Waals surface area contributed by atoms with Crippen LogP contribution in [0.1, 0.15) is 35.9 Å². The van der Waals surface area contributed by atoms with Crippen molar-refractivity contribution in [2.24, 2.45) is 5.41 Å². The van der Waals surface area contributed by atoms with Crippen molar-refractivity contribution in [3.05, 3.63) is 35.4 Å². The average molecular weight is 281 g/mol. The molecule has 5 heteroatoms. The van der Waals surface area contributed by atoms with Gasteiger partial charge in [-0.15, -0.1) is 0 Å². The normalized spacial score (nSPS) is 12.7. The third kappa shape index (κ3) is 3.30. The van der Waals surface area contributed by atoms with Crippen LogP contribution in [0.4, 0.5) is 0 Å². The van der Waals surface area contributed by atoms with E-state index < -0.39 is 11.5 Å². The van der Waals surface area contributed by atoms with Gasteiger partial charge >= 0.3 is 0 Å². The highest BCUT2D eigenvalue weighted by Gasteiger charge is 2.34. The molecule has 0 saturated carbocycles. The molecule has 19 heavy (non-hydrogen) atoms. The number of hydrogen-bond donors (Lipinski definition) is 2. The van der Waals surface area contributed by atoms with Crippen molar-refractivity contribution < 1.29 is 14.6 Å². The Morgan fingerprint density at radius 2 is 1.89 bits per heavy atom. The van der Waals surface area contributed by atoms with E-state index in [1.807, 2.05) is 13.8 Å². The second kappa shape index (κ2) is 6.12. The number of aliphatic hydroxyl groups is 1. The van der Waals surface area contributed by atoms with Gasteiger partial charge in [-0.1, -0.05) is 12.1 Å². The number of carbonyl (C=O) groups excluding carboxylic acids is 1. The molecule has 0 spiro atoms. The van der Waals surface area contributed by atoms with Crippen LogP contribution in [0.15, 0.2) is 24.3 Å². The lowest BCUT2D eigenvalue weighted by molar-refractivity contribution is 0.0819. The van der Waals surface area contributed by atoms with E-state index in [1.54, 1.807) is 31.3 Å². The van der Waals surface area contributed by atoms with Crippen LogP contribution in [-0.4, -0.2) is 30.2 Å². The van der Waals surface area contributed by atoms with Gasteiger partial charge in [0.25, 0.3) is 5.91 Å². The molecule has 0 aliphatic heterocycles. The standard InChI is InChI=1S/C14H19NO3S/c1-14(2,13(19)18-4)11(16)9-5-7-10(8-6-9)12(17)15-3/h5-8,11,16H,1-4H3,(H,15,17). The molecule has 0 heterocycles. The van der Waals surface area contributed by atoms with Gasteiger partial charge in [-0.25, -0.2) is 0 Å². The maximum atomic E-state index is 11.4. The summed E-state index contributed by atoms with van der Waals surface area (Å²) in [5.41, 5.74) is 0.557. The van der Waals surface area contributed by atoms with Gasteiger partial charge in [0.1, 0.15) is 0 Å². The fourth-order valence-corrected chi connectivity index (χ4v) is 1.86. The van der Waals surface area contributed by atoms with Gasteiger partial charge in [-0.3, -0.25) is 4.79 Å². The number of rotatable bonds is 4. The molecule has 0 bridgehead atoms. The highest BCUT2D eigenvalue weighted by Crippen LogP contribution is 2.35. The molecule has 1 unspecified atom stereocenters. The van der Waals surface area contributed by atoms with E-state index in [9.17, 15) is 9.90 Å². The van der Waals surface area contributed by atoms with Crippen LogP contribution in [0.5, 0.6) is 0 Å². The first-order valence-corrected chi connectivity index (χ1v) is 6.34. The first-order valence-electron chi connectivity index (χ1n) is 5.93. The largest absolute Gasteiger partial charge is 0.490 e. The Labute approximate surface area is 118 Å². The van der Waals surface area contributed by atoms with Crippen LogP contribution in [0, 0.1) is 5.41 Å². The molecule has 0 aliphatic rings. The molecule has 4 nitrogen and oxygen atoms in total. The Balaban J connectivity index is 2.98. The fourth-order valence-electron chi connectivity index (χ4n) is 1.75. The van der Waals surface area contributed by atoms with E-state index in [-0.39, 0.29) is 5.91 Å². The summed E-state index contributed by atoms with van der Waals surface area (Å²) < 4.78 is 5.04. The summed E-state index contributed by atoms with van der Waals surface area (Å²) in [6, 6.07) is 6.77. The summed E-state index contributed by atoms with van der Waals surface area (Å²) in [7, 11) is 3.07. The van der Waals surface area contributed by atoms with Crippen LogP contribution in [-0.2, 0) is 4.74 Å². The Kier molecular flexibility index (Phi) is 5.03. The lowest BCUT2D eigenvalue weighted by atomic mass is 9.83. The summed E-state index contributed by atoms with van der Waals surface area (Å²) in [5.74, 6) is -0.160. The van der Waals surface area contributed by atoms with E-state index in [1.165, 1.54) is 7.11 Å². The molecule has 104 valence electrons. The van der Waals surface area contributed by atoms with Crippen LogP contribution in [0.3, 0.4) is 0 Å². The predicted octanol–water partition coefficient (Wildman–Crippen LogP) is 2.08. The molecule has 1 atom stereocenters. The molecule has 0 saturated heterocycles. The highest BCUT2D eigenvalue weighted by molar-refractivity contribution is 7.80. The summed E-state index contributed by atoms with van der Waals surface area (Å²) in [6.07, 6.45) is -0.793. The maximum absolute atomic E-state index is 11.4. The molecule has 1 amide bonds. The fraction of sp³-hybridized carbons (Fsp3) is 0.429. The topological polar surface area (TPSA) is 58.6 Å².